The fourth-order valence-corrected chi connectivity index (χ4v) is 1.65. The first kappa shape index (κ1) is 14.0. The topological polar surface area (TPSA) is 66.8 Å². The van der Waals surface area contributed by atoms with Crippen LogP contribution in [-0.2, 0) is 4.74 Å². The van der Waals surface area contributed by atoms with Crippen molar-refractivity contribution in [1.82, 2.24) is 0 Å². The molecule has 0 heterocycles. The number of esters is 1. The predicted octanol–water partition coefficient (Wildman–Crippen LogP) is 1.50. The van der Waals surface area contributed by atoms with Gasteiger partial charge in [-0.2, -0.15) is 0 Å². The Kier molecular flexibility index (Phi) is 5.41. The van der Waals surface area contributed by atoms with Gasteiger partial charge in [-0.3, -0.25) is 0 Å². The monoisotopic (exact) mass is 258 g/mol. The lowest BCUT2D eigenvalue weighted by atomic mass is 10.0. The Balaban J connectivity index is 2.76. The summed E-state index contributed by atoms with van der Waals surface area (Å²) >= 11 is 5.48. The van der Waals surface area contributed by atoms with Crippen LogP contribution >= 0.6 is 11.6 Å². The molecule has 5 heteroatoms. The molecule has 17 heavy (non-hydrogen) atoms. The highest BCUT2D eigenvalue weighted by Crippen LogP contribution is 2.20. The maximum absolute atomic E-state index is 11.2. The van der Waals surface area contributed by atoms with Crippen LogP contribution in [0.3, 0.4) is 0 Å². The summed E-state index contributed by atoms with van der Waals surface area (Å²) in [6.07, 6.45) is -1.60. The molecule has 0 spiro atoms. The molecule has 2 N–H and O–H groups in total. The van der Waals surface area contributed by atoms with Crippen LogP contribution in [0.2, 0.25) is 0 Å². The van der Waals surface area contributed by atoms with E-state index in [-0.39, 0.29) is 5.88 Å². The summed E-state index contributed by atoms with van der Waals surface area (Å²) in [6, 6.07) is 6.23. The summed E-state index contributed by atoms with van der Waals surface area (Å²) in [5, 5.41) is 19.4. The third kappa shape index (κ3) is 3.70. The quantitative estimate of drug-likeness (QED) is 0.620. The van der Waals surface area contributed by atoms with E-state index in [0.717, 1.165) is 0 Å². The summed E-state index contributed by atoms with van der Waals surface area (Å²) in [5.41, 5.74) is 0.936. The first-order valence-corrected chi connectivity index (χ1v) is 5.74. The average Bonchev–Trinajstić information content (AvgIpc) is 2.37. The van der Waals surface area contributed by atoms with Crippen molar-refractivity contribution in [1.29, 1.82) is 0 Å². The number of halogens is 1. The number of carbonyl (C=O) groups excluding carboxylic acids is 1. The van der Waals surface area contributed by atoms with Crippen molar-refractivity contribution < 1.29 is 19.7 Å². The van der Waals surface area contributed by atoms with Crippen molar-refractivity contribution in [2.24, 2.45) is 0 Å². The van der Waals surface area contributed by atoms with E-state index in [0.29, 0.717) is 17.5 Å². The fourth-order valence-electron chi connectivity index (χ4n) is 1.43. The van der Waals surface area contributed by atoms with E-state index in [1.165, 1.54) is 19.2 Å². The zero-order valence-corrected chi connectivity index (χ0v) is 10.2. The van der Waals surface area contributed by atoms with Crippen LogP contribution in [0.4, 0.5) is 0 Å². The zero-order chi connectivity index (χ0) is 12.8. The highest BCUT2D eigenvalue weighted by Gasteiger charge is 2.18. The van der Waals surface area contributed by atoms with Gasteiger partial charge in [0.25, 0.3) is 0 Å². The van der Waals surface area contributed by atoms with E-state index in [2.05, 4.69) is 4.74 Å². The number of aliphatic hydroxyl groups is 2. The molecule has 0 aliphatic rings. The second-order valence-electron chi connectivity index (χ2n) is 3.60. The molecule has 0 aliphatic heterocycles. The van der Waals surface area contributed by atoms with Crippen molar-refractivity contribution in [2.45, 2.75) is 18.6 Å². The van der Waals surface area contributed by atoms with Crippen LogP contribution in [0.15, 0.2) is 24.3 Å². The number of methoxy groups -OCH3 is 1. The molecule has 94 valence electrons. The number of hydrogen-bond acceptors (Lipinski definition) is 4. The van der Waals surface area contributed by atoms with Crippen molar-refractivity contribution in [3.05, 3.63) is 35.4 Å². The van der Waals surface area contributed by atoms with Crippen LogP contribution < -0.4 is 0 Å². The Hall–Kier alpha value is -1.10. The van der Waals surface area contributed by atoms with E-state index in [1.54, 1.807) is 12.1 Å². The van der Waals surface area contributed by atoms with E-state index < -0.39 is 18.2 Å². The Morgan fingerprint density at radius 1 is 1.35 bits per heavy atom. The predicted molar refractivity (Wildman–Crippen MR) is 64.1 cm³/mol. The van der Waals surface area contributed by atoms with Crippen LogP contribution in [0.5, 0.6) is 0 Å². The van der Waals surface area contributed by atoms with Crippen LogP contribution in [0, 0.1) is 0 Å². The molecule has 0 aliphatic carbocycles. The molecular weight excluding hydrogens is 244 g/mol. The van der Waals surface area contributed by atoms with Gasteiger partial charge in [0.15, 0.2) is 0 Å². The van der Waals surface area contributed by atoms with Gasteiger partial charge >= 0.3 is 5.97 Å². The first-order chi connectivity index (χ1) is 8.10. The SMILES string of the molecule is COC(=O)c1ccc(C(O)C(O)CCCl)cc1. The largest absolute Gasteiger partial charge is 0.465 e. The van der Waals surface area contributed by atoms with E-state index in [9.17, 15) is 15.0 Å². The van der Waals surface area contributed by atoms with E-state index >= 15 is 0 Å². The lowest BCUT2D eigenvalue weighted by molar-refractivity contribution is 0.0170. The summed E-state index contributed by atoms with van der Waals surface area (Å²) in [4.78, 5) is 11.2. The van der Waals surface area contributed by atoms with Gasteiger partial charge in [0.05, 0.1) is 18.8 Å². The van der Waals surface area contributed by atoms with Gasteiger partial charge in [-0.15, -0.1) is 11.6 Å². The minimum Gasteiger partial charge on any atom is -0.465 e. The molecule has 1 rings (SSSR count). The Morgan fingerprint density at radius 2 is 1.94 bits per heavy atom. The molecule has 4 nitrogen and oxygen atoms in total. The minimum absolute atomic E-state index is 0.276. The van der Waals surface area contributed by atoms with Gasteiger partial charge in [0.1, 0.15) is 6.10 Å². The summed E-state index contributed by atoms with van der Waals surface area (Å²) in [7, 11) is 1.30. The molecule has 1 aromatic rings. The molecule has 0 saturated carbocycles. The number of carbonyl (C=O) groups is 1. The number of ether oxygens (including phenoxy) is 1. The number of hydrogen-bond donors (Lipinski definition) is 2. The second-order valence-corrected chi connectivity index (χ2v) is 3.98. The van der Waals surface area contributed by atoms with E-state index in [1.807, 2.05) is 0 Å². The minimum atomic E-state index is -1.000. The Bertz CT molecular complexity index is 363. The van der Waals surface area contributed by atoms with Crippen LogP contribution in [0.1, 0.15) is 28.4 Å². The molecule has 0 aromatic heterocycles. The normalized spacial score (nSPS) is 14.1. The lowest BCUT2D eigenvalue weighted by Gasteiger charge is -2.17. The fraction of sp³-hybridized carbons (Fsp3) is 0.417. The lowest BCUT2D eigenvalue weighted by Crippen LogP contribution is -2.18. The van der Waals surface area contributed by atoms with Gasteiger partial charge in [0, 0.05) is 5.88 Å². The van der Waals surface area contributed by atoms with Gasteiger partial charge in [-0.1, -0.05) is 12.1 Å². The van der Waals surface area contributed by atoms with Gasteiger partial charge in [-0.05, 0) is 24.1 Å². The third-order valence-electron chi connectivity index (χ3n) is 2.44. The van der Waals surface area contributed by atoms with Gasteiger partial charge < -0.3 is 14.9 Å². The standard InChI is InChI=1S/C12H15ClO4/c1-17-12(16)9-4-2-8(3-5-9)11(15)10(14)6-7-13/h2-5,10-11,14-15H,6-7H2,1H3. The zero-order valence-electron chi connectivity index (χ0n) is 9.47. The number of rotatable bonds is 5. The molecule has 2 atom stereocenters. The highest BCUT2D eigenvalue weighted by atomic mass is 35.5. The third-order valence-corrected chi connectivity index (χ3v) is 2.66. The number of aliphatic hydroxyl groups excluding tert-OH is 2. The maximum Gasteiger partial charge on any atom is 0.337 e. The number of benzene rings is 1. The summed E-state index contributed by atoms with van der Waals surface area (Å²) < 4.78 is 4.55. The van der Waals surface area contributed by atoms with Crippen molar-refractivity contribution in [3.63, 3.8) is 0 Å². The molecule has 0 bridgehead atoms. The van der Waals surface area contributed by atoms with Crippen LogP contribution in [0.25, 0.3) is 0 Å². The molecular formula is C12H15ClO4. The van der Waals surface area contributed by atoms with Crippen molar-refractivity contribution in [2.75, 3.05) is 13.0 Å². The molecule has 2 unspecified atom stereocenters. The Labute approximate surface area is 105 Å². The van der Waals surface area contributed by atoms with Crippen molar-refractivity contribution in [3.8, 4) is 0 Å². The molecule has 0 radical (unpaired) electrons. The van der Waals surface area contributed by atoms with Crippen LogP contribution in [-0.4, -0.2) is 35.3 Å². The Morgan fingerprint density at radius 3 is 2.41 bits per heavy atom. The molecule has 0 saturated heterocycles. The summed E-state index contributed by atoms with van der Waals surface area (Å²) in [6.45, 7) is 0. The molecule has 1 aromatic carbocycles. The second kappa shape index (κ2) is 6.59. The summed E-state index contributed by atoms with van der Waals surface area (Å²) in [5.74, 6) is -0.161. The van der Waals surface area contributed by atoms with Crippen molar-refractivity contribution >= 4 is 17.6 Å². The highest BCUT2D eigenvalue weighted by molar-refractivity contribution is 6.17. The van der Waals surface area contributed by atoms with Gasteiger partial charge in [0.2, 0.25) is 0 Å². The first-order valence-electron chi connectivity index (χ1n) is 5.20. The van der Waals surface area contributed by atoms with E-state index in [4.69, 9.17) is 11.6 Å². The molecule has 0 amide bonds. The van der Waals surface area contributed by atoms with Gasteiger partial charge in [-0.25, -0.2) is 4.79 Å². The average molecular weight is 259 g/mol. The smallest absolute Gasteiger partial charge is 0.337 e. The maximum atomic E-state index is 11.2. The molecule has 0 fully saturated rings. The number of alkyl halides is 1.